The normalized spacial score (nSPS) is 46.2. The third-order valence-electron chi connectivity index (χ3n) is 2.67. The van der Waals surface area contributed by atoms with Crippen molar-refractivity contribution in [3.05, 3.63) is 23.3 Å². The fourth-order valence-electron chi connectivity index (χ4n) is 2.14. The maximum atomic E-state index is 2.33. The predicted octanol–water partition coefficient (Wildman–Crippen LogP) is 2.08. The van der Waals surface area contributed by atoms with Gasteiger partial charge in [-0.25, -0.2) is 0 Å². The first-order valence-corrected chi connectivity index (χ1v) is 4.79. The molecule has 3 rings (SSSR count). The minimum absolute atomic E-state index is 1.02. The summed E-state index contributed by atoms with van der Waals surface area (Å²) in [5.41, 5.74) is 5.50. The van der Waals surface area contributed by atoms with Gasteiger partial charge in [0, 0.05) is 11.3 Å². The van der Waals surface area contributed by atoms with Crippen molar-refractivity contribution >= 4 is 8.58 Å². The summed E-state index contributed by atoms with van der Waals surface area (Å²) in [6, 6.07) is 0. The summed E-state index contributed by atoms with van der Waals surface area (Å²) < 4.78 is 0. The Morgan fingerprint density at radius 1 is 1.11 bits per heavy atom. The number of hydrogen-bond donors (Lipinski definition) is 0. The number of fused-ring (bicyclic) bond motifs is 4. The van der Waals surface area contributed by atoms with Crippen molar-refractivity contribution < 1.29 is 0 Å². The zero-order valence-corrected chi connectivity index (χ0v) is 6.22. The highest BCUT2D eigenvalue weighted by molar-refractivity contribution is 7.41. The van der Waals surface area contributed by atoms with Crippen molar-refractivity contribution in [2.45, 2.75) is 24.2 Å². The summed E-state index contributed by atoms with van der Waals surface area (Å²) in [6.07, 6.45) is 7.64. The molecule has 0 nitrogen and oxygen atoms in total. The molecule has 2 aliphatic heterocycles. The van der Waals surface area contributed by atoms with Gasteiger partial charge < -0.3 is 0 Å². The lowest BCUT2D eigenvalue weighted by Crippen LogP contribution is -2.10. The van der Waals surface area contributed by atoms with Crippen LogP contribution in [-0.4, -0.2) is 11.3 Å². The summed E-state index contributed by atoms with van der Waals surface area (Å²) in [5.74, 6) is 0. The van der Waals surface area contributed by atoms with Crippen LogP contribution in [0.5, 0.6) is 0 Å². The highest BCUT2D eigenvalue weighted by atomic mass is 31.1. The molecular formula is C8H9P. The summed E-state index contributed by atoms with van der Waals surface area (Å²) in [4.78, 5) is 0. The average molecular weight is 136 g/mol. The third-order valence-corrected chi connectivity index (χ3v) is 4.68. The van der Waals surface area contributed by atoms with Crippen LogP contribution in [0.15, 0.2) is 23.3 Å². The highest BCUT2D eigenvalue weighted by Gasteiger charge is 2.39. The van der Waals surface area contributed by atoms with E-state index < -0.39 is 0 Å². The van der Waals surface area contributed by atoms with Gasteiger partial charge >= 0.3 is 0 Å². The van der Waals surface area contributed by atoms with Gasteiger partial charge in [-0.15, -0.1) is 8.58 Å². The van der Waals surface area contributed by atoms with E-state index in [1.807, 2.05) is 0 Å². The zero-order chi connectivity index (χ0) is 5.84. The summed E-state index contributed by atoms with van der Waals surface area (Å²) >= 11 is 0. The summed E-state index contributed by atoms with van der Waals surface area (Å²) in [7, 11) is 1.25. The first-order valence-electron chi connectivity index (χ1n) is 3.63. The smallest absolute Gasteiger partial charge is 0.00230 e. The van der Waals surface area contributed by atoms with Crippen LogP contribution in [0.1, 0.15) is 12.8 Å². The van der Waals surface area contributed by atoms with Crippen molar-refractivity contribution in [3.8, 4) is 0 Å². The summed E-state index contributed by atoms with van der Waals surface area (Å²) in [5, 5.41) is 0. The molecule has 0 aromatic rings. The number of rotatable bonds is 0. The molecule has 9 heavy (non-hydrogen) atoms. The maximum Gasteiger partial charge on any atom is 0.00230 e. The van der Waals surface area contributed by atoms with Crippen LogP contribution >= 0.6 is 8.58 Å². The molecule has 2 heterocycles. The zero-order valence-electron chi connectivity index (χ0n) is 5.22. The first kappa shape index (κ1) is 4.68. The van der Waals surface area contributed by atoms with E-state index in [0.29, 0.717) is 0 Å². The lowest BCUT2D eigenvalue weighted by molar-refractivity contribution is 0.756. The van der Waals surface area contributed by atoms with E-state index in [0.717, 1.165) is 11.3 Å². The molecule has 1 aliphatic carbocycles. The topological polar surface area (TPSA) is 0 Å². The van der Waals surface area contributed by atoms with E-state index in [9.17, 15) is 0 Å². The molecule has 0 amide bonds. The second kappa shape index (κ2) is 1.32. The fraction of sp³-hybridized carbons (Fsp3) is 0.500. The van der Waals surface area contributed by atoms with E-state index >= 15 is 0 Å². The Kier molecular flexibility index (Phi) is 0.687. The Bertz CT molecular complexity index is 203. The lowest BCUT2D eigenvalue weighted by Gasteiger charge is -2.19. The standard InChI is InChI=1S/C8H9P/c1-2-6-5(1)7-3-4-8(6)9-7/h1-2,7-9H,3-4H2. The van der Waals surface area contributed by atoms with Crippen LogP contribution in [0.25, 0.3) is 0 Å². The van der Waals surface area contributed by atoms with Gasteiger partial charge in [-0.3, -0.25) is 0 Å². The maximum absolute atomic E-state index is 2.33. The van der Waals surface area contributed by atoms with Crippen molar-refractivity contribution in [2.24, 2.45) is 0 Å². The van der Waals surface area contributed by atoms with Gasteiger partial charge in [0.15, 0.2) is 0 Å². The molecule has 0 spiro atoms. The van der Waals surface area contributed by atoms with Crippen LogP contribution < -0.4 is 0 Å². The molecule has 0 N–H and O–H groups in total. The van der Waals surface area contributed by atoms with Crippen molar-refractivity contribution in [3.63, 3.8) is 0 Å². The first-order chi connectivity index (χ1) is 4.45. The Morgan fingerprint density at radius 3 is 2.00 bits per heavy atom. The molecule has 1 heteroatoms. The lowest BCUT2D eigenvalue weighted by atomic mass is 9.85. The molecule has 1 fully saturated rings. The van der Waals surface area contributed by atoms with E-state index in [4.69, 9.17) is 0 Å². The molecule has 46 valence electrons. The molecule has 0 aromatic carbocycles. The van der Waals surface area contributed by atoms with E-state index in [1.54, 1.807) is 11.1 Å². The van der Waals surface area contributed by atoms with Gasteiger partial charge in [0.05, 0.1) is 0 Å². The van der Waals surface area contributed by atoms with Gasteiger partial charge in [0.25, 0.3) is 0 Å². The Balaban J connectivity index is 2.13. The van der Waals surface area contributed by atoms with Crippen LogP contribution in [-0.2, 0) is 0 Å². The van der Waals surface area contributed by atoms with Crippen LogP contribution in [0.4, 0.5) is 0 Å². The van der Waals surface area contributed by atoms with E-state index in [-0.39, 0.29) is 0 Å². The van der Waals surface area contributed by atoms with Crippen molar-refractivity contribution in [1.82, 2.24) is 0 Å². The van der Waals surface area contributed by atoms with Gasteiger partial charge in [0.2, 0.25) is 0 Å². The third kappa shape index (κ3) is 0.412. The molecule has 0 saturated carbocycles. The van der Waals surface area contributed by atoms with Crippen LogP contribution in [0, 0.1) is 0 Å². The fourth-order valence-corrected chi connectivity index (χ4v) is 4.18. The van der Waals surface area contributed by atoms with E-state index in [1.165, 1.54) is 21.4 Å². The molecule has 2 atom stereocenters. The molecular weight excluding hydrogens is 127 g/mol. The van der Waals surface area contributed by atoms with Gasteiger partial charge in [-0.05, 0) is 24.0 Å². The quantitative estimate of drug-likeness (QED) is 0.447. The minimum atomic E-state index is 1.02. The highest BCUT2D eigenvalue weighted by Crippen LogP contribution is 2.57. The van der Waals surface area contributed by atoms with Crippen LogP contribution in [0.3, 0.4) is 0 Å². The molecule has 3 aliphatic rings. The molecule has 2 bridgehead atoms. The minimum Gasteiger partial charge on any atom is -0.107 e. The Labute approximate surface area is 56.8 Å². The second-order valence-electron chi connectivity index (χ2n) is 3.09. The predicted molar refractivity (Wildman–Crippen MR) is 41.3 cm³/mol. The molecule has 0 aromatic heterocycles. The molecule has 2 unspecified atom stereocenters. The average Bonchev–Trinajstić information content (AvgIpc) is 2.18. The Hall–Kier alpha value is -0.0900. The summed E-state index contributed by atoms with van der Waals surface area (Å²) in [6.45, 7) is 0. The monoisotopic (exact) mass is 136 g/mol. The molecule has 0 radical (unpaired) electrons. The number of hydrogen-bond acceptors (Lipinski definition) is 0. The van der Waals surface area contributed by atoms with E-state index in [2.05, 4.69) is 12.2 Å². The largest absolute Gasteiger partial charge is 0.107 e. The second-order valence-corrected chi connectivity index (χ2v) is 4.82. The molecule has 1 saturated heterocycles. The van der Waals surface area contributed by atoms with Crippen LogP contribution in [0.2, 0.25) is 0 Å². The number of allylic oxidation sites excluding steroid dienone is 4. The van der Waals surface area contributed by atoms with Gasteiger partial charge in [-0.2, -0.15) is 0 Å². The van der Waals surface area contributed by atoms with Crippen molar-refractivity contribution in [1.29, 1.82) is 0 Å². The van der Waals surface area contributed by atoms with Crippen molar-refractivity contribution in [2.75, 3.05) is 0 Å². The van der Waals surface area contributed by atoms with Gasteiger partial charge in [-0.1, -0.05) is 12.2 Å². The SMILES string of the molecule is C1=CC2=C1C1CCC2P1. The van der Waals surface area contributed by atoms with Gasteiger partial charge in [0.1, 0.15) is 0 Å². The Morgan fingerprint density at radius 2 is 1.67 bits per heavy atom.